The molecule has 9 heteroatoms. The molecule has 4 rings (SSSR count). The fraction of sp³-hybridized carbons (Fsp3) is 0.414. The summed E-state index contributed by atoms with van der Waals surface area (Å²) in [6, 6.07) is 15.6. The van der Waals surface area contributed by atoms with Crippen LogP contribution in [0.15, 0.2) is 68.0 Å². The minimum absolute atomic E-state index is 0.109. The summed E-state index contributed by atoms with van der Waals surface area (Å²) in [4.78, 5) is 34.4. The van der Waals surface area contributed by atoms with Gasteiger partial charge in [0, 0.05) is 24.5 Å². The van der Waals surface area contributed by atoms with E-state index in [1.165, 1.54) is 35.4 Å². The Bertz CT molecular complexity index is 1430. The third kappa shape index (κ3) is 6.22. The lowest BCUT2D eigenvalue weighted by molar-refractivity contribution is 0.317. The summed E-state index contributed by atoms with van der Waals surface area (Å²) >= 11 is 1.29. The molecule has 0 amide bonds. The number of thioether (sulfide) groups is 1. The third-order valence-corrected chi connectivity index (χ3v) is 7.81. The van der Waals surface area contributed by atoms with E-state index in [-0.39, 0.29) is 22.5 Å². The van der Waals surface area contributed by atoms with E-state index in [9.17, 15) is 14.7 Å². The Morgan fingerprint density at radius 3 is 2.32 bits per heavy atom. The first-order valence-electron chi connectivity index (χ1n) is 12.8. The molecule has 38 heavy (non-hydrogen) atoms. The maximum absolute atomic E-state index is 13.4. The van der Waals surface area contributed by atoms with Crippen molar-refractivity contribution in [2.45, 2.75) is 57.6 Å². The number of phenols is 1. The number of anilines is 1. The summed E-state index contributed by atoms with van der Waals surface area (Å²) < 4.78 is 2.55. The summed E-state index contributed by atoms with van der Waals surface area (Å²) in [6.45, 7) is 7.85. The predicted molar refractivity (Wildman–Crippen MR) is 155 cm³/mol. The number of benzene rings is 2. The van der Waals surface area contributed by atoms with Crippen molar-refractivity contribution in [2.24, 2.45) is 17.5 Å². The molecule has 202 valence electrons. The summed E-state index contributed by atoms with van der Waals surface area (Å²) in [5.41, 5.74) is 7.87. The fourth-order valence-corrected chi connectivity index (χ4v) is 5.66. The molecule has 0 aliphatic carbocycles. The summed E-state index contributed by atoms with van der Waals surface area (Å²) in [7, 11) is 3.63. The molecule has 3 N–H and O–H groups in total. The first-order valence-corrected chi connectivity index (χ1v) is 13.7. The number of aromatic nitrogens is 2. The van der Waals surface area contributed by atoms with Gasteiger partial charge in [0.1, 0.15) is 22.2 Å². The van der Waals surface area contributed by atoms with Gasteiger partial charge in [-0.3, -0.25) is 23.8 Å². The molecule has 1 aliphatic heterocycles. The zero-order valence-electron chi connectivity index (χ0n) is 22.8. The highest BCUT2D eigenvalue weighted by Crippen LogP contribution is 2.31. The van der Waals surface area contributed by atoms with Gasteiger partial charge < -0.3 is 10.8 Å². The number of hydrogen-bond acceptors (Lipinski definition) is 7. The standard InChI is InChI=1S/C29H37N5O3S/c1-29(2,3)18-34-25(30)24(27(36)33(5)28(34)37)26(38-22-14-12-21(35)13-15-22)31-17-19-8-10-20(11-9-19)23-7-6-16-32(23)4/h8-15,23,35H,6-7,16-18,30H2,1-5H3. The summed E-state index contributed by atoms with van der Waals surface area (Å²) in [5, 5.41) is 10.1. The van der Waals surface area contributed by atoms with Gasteiger partial charge in [0.05, 0.1) is 6.54 Å². The number of nitrogens with two attached hydrogens (primary N) is 1. The summed E-state index contributed by atoms with van der Waals surface area (Å²) in [6.07, 6.45) is 2.37. The van der Waals surface area contributed by atoms with Gasteiger partial charge in [0.25, 0.3) is 5.56 Å². The normalized spacial score (nSPS) is 16.8. The minimum Gasteiger partial charge on any atom is -0.508 e. The molecule has 8 nitrogen and oxygen atoms in total. The van der Waals surface area contributed by atoms with Gasteiger partial charge >= 0.3 is 5.69 Å². The first-order chi connectivity index (χ1) is 17.9. The molecule has 1 saturated heterocycles. The van der Waals surface area contributed by atoms with Crippen LogP contribution >= 0.6 is 11.8 Å². The Labute approximate surface area is 227 Å². The molecule has 0 saturated carbocycles. The van der Waals surface area contributed by atoms with E-state index >= 15 is 0 Å². The van der Waals surface area contributed by atoms with E-state index in [1.54, 1.807) is 24.3 Å². The number of nitrogens with zero attached hydrogens (tertiary/aromatic N) is 4. The van der Waals surface area contributed by atoms with Crippen molar-refractivity contribution in [3.05, 3.63) is 86.1 Å². The topological polar surface area (TPSA) is 106 Å². The maximum atomic E-state index is 13.4. The van der Waals surface area contributed by atoms with Crippen molar-refractivity contribution in [3.63, 3.8) is 0 Å². The predicted octanol–water partition coefficient (Wildman–Crippen LogP) is 4.39. The van der Waals surface area contributed by atoms with E-state index in [0.717, 1.165) is 28.0 Å². The molecule has 1 aromatic heterocycles. The number of rotatable bonds is 6. The van der Waals surface area contributed by atoms with Crippen molar-refractivity contribution in [2.75, 3.05) is 19.3 Å². The number of hydrogen-bond donors (Lipinski definition) is 2. The van der Waals surface area contributed by atoms with Crippen LogP contribution in [0, 0.1) is 5.41 Å². The van der Waals surface area contributed by atoms with Gasteiger partial charge in [-0.25, -0.2) is 4.79 Å². The smallest absolute Gasteiger partial charge is 0.332 e. The molecule has 0 spiro atoms. The second-order valence-electron chi connectivity index (χ2n) is 11.2. The lowest BCUT2D eigenvalue weighted by atomic mass is 9.97. The molecule has 2 aromatic carbocycles. The van der Waals surface area contributed by atoms with Gasteiger partial charge in [-0.15, -0.1) is 0 Å². The highest BCUT2D eigenvalue weighted by molar-refractivity contribution is 8.14. The van der Waals surface area contributed by atoms with Gasteiger partial charge in [-0.05, 0) is 67.2 Å². The first kappa shape index (κ1) is 27.7. The zero-order valence-corrected chi connectivity index (χ0v) is 23.6. The number of aromatic hydroxyl groups is 1. The third-order valence-electron chi connectivity index (χ3n) is 6.77. The number of likely N-dealkylation sites (tertiary alicyclic amines) is 1. The molecule has 0 radical (unpaired) electrons. The van der Waals surface area contributed by atoms with E-state index < -0.39 is 11.2 Å². The molecule has 1 fully saturated rings. The van der Waals surface area contributed by atoms with Crippen molar-refractivity contribution < 1.29 is 5.11 Å². The van der Waals surface area contributed by atoms with E-state index in [1.807, 2.05) is 20.8 Å². The van der Waals surface area contributed by atoms with Crippen molar-refractivity contribution >= 4 is 22.6 Å². The van der Waals surface area contributed by atoms with Crippen molar-refractivity contribution in [1.82, 2.24) is 14.0 Å². The van der Waals surface area contributed by atoms with Crippen molar-refractivity contribution in [1.29, 1.82) is 0 Å². The van der Waals surface area contributed by atoms with E-state index in [0.29, 0.717) is 24.2 Å². The molecule has 1 unspecified atom stereocenters. The Kier molecular flexibility index (Phi) is 8.18. The number of nitrogen functional groups attached to an aromatic ring is 1. The Morgan fingerprint density at radius 2 is 1.74 bits per heavy atom. The van der Waals surface area contributed by atoms with Crippen LogP contribution in [0.3, 0.4) is 0 Å². The molecule has 0 bridgehead atoms. The average Bonchev–Trinajstić information content (AvgIpc) is 3.30. The molecular formula is C29H37N5O3S. The van der Waals surface area contributed by atoms with Gasteiger partial charge in [-0.2, -0.15) is 0 Å². The Balaban J connectivity index is 1.75. The second-order valence-corrected chi connectivity index (χ2v) is 12.2. The van der Waals surface area contributed by atoms with Crippen LogP contribution in [-0.4, -0.2) is 37.8 Å². The Morgan fingerprint density at radius 1 is 1.08 bits per heavy atom. The van der Waals surface area contributed by atoms with Crippen LogP contribution in [0.1, 0.15) is 56.3 Å². The lowest BCUT2D eigenvalue weighted by Crippen LogP contribution is -2.43. The van der Waals surface area contributed by atoms with E-state index in [4.69, 9.17) is 10.7 Å². The van der Waals surface area contributed by atoms with Gasteiger partial charge in [0.2, 0.25) is 0 Å². The summed E-state index contributed by atoms with van der Waals surface area (Å²) in [5.74, 6) is 0.257. The lowest BCUT2D eigenvalue weighted by Gasteiger charge is -2.23. The van der Waals surface area contributed by atoms with Crippen LogP contribution in [-0.2, 0) is 20.1 Å². The monoisotopic (exact) mass is 535 g/mol. The van der Waals surface area contributed by atoms with Gasteiger partial charge in [-0.1, -0.05) is 56.8 Å². The largest absolute Gasteiger partial charge is 0.508 e. The fourth-order valence-electron chi connectivity index (χ4n) is 4.74. The second kappa shape index (κ2) is 11.2. The highest BCUT2D eigenvalue weighted by atomic mass is 32.2. The van der Waals surface area contributed by atoms with Crippen LogP contribution in [0.4, 0.5) is 5.82 Å². The van der Waals surface area contributed by atoms with Crippen molar-refractivity contribution in [3.8, 4) is 5.75 Å². The highest BCUT2D eigenvalue weighted by Gasteiger charge is 2.24. The molecule has 2 heterocycles. The molecular weight excluding hydrogens is 498 g/mol. The minimum atomic E-state index is -0.484. The van der Waals surface area contributed by atoms with Gasteiger partial charge in [0.15, 0.2) is 0 Å². The average molecular weight is 536 g/mol. The zero-order chi connectivity index (χ0) is 27.6. The maximum Gasteiger partial charge on any atom is 0.332 e. The Hall–Kier alpha value is -3.30. The SMILES string of the molecule is CN1CCCC1c1ccc(CN=C(Sc2ccc(O)cc2)c2c(N)n(CC(C)(C)C)c(=O)n(C)c2=O)cc1. The molecule has 3 aromatic rings. The molecule has 1 atom stereocenters. The van der Waals surface area contributed by atoms with Crippen LogP contribution in [0.5, 0.6) is 5.75 Å². The molecule has 1 aliphatic rings. The number of aliphatic imine (C=N–C) groups is 1. The number of phenolic OH excluding ortho intramolecular Hbond substituents is 1. The van der Waals surface area contributed by atoms with Crippen LogP contribution in [0.25, 0.3) is 0 Å². The van der Waals surface area contributed by atoms with Crippen LogP contribution < -0.4 is 17.0 Å². The van der Waals surface area contributed by atoms with Crippen LogP contribution in [0.2, 0.25) is 0 Å². The van der Waals surface area contributed by atoms with E-state index in [2.05, 4.69) is 36.2 Å². The quantitative estimate of drug-likeness (QED) is 0.276.